The highest BCUT2D eigenvalue weighted by Crippen LogP contribution is 2.21. The first kappa shape index (κ1) is 10.7. The third-order valence-electron chi connectivity index (χ3n) is 2.00. The van der Waals surface area contributed by atoms with Crippen LogP contribution in [-0.4, -0.2) is 19.9 Å². The molecule has 0 spiro atoms. The van der Waals surface area contributed by atoms with Gasteiger partial charge in [-0.05, 0) is 6.07 Å². The van der Waals surface area contributed by atoms with Crippen molar-refractivity contribution in [2.45, 2.75) is 5.33 Å². The van der Waals surface area contributed by atoms with Crippen molar-refractivity contribution >= 4 is 21.6 Å². The van der Waals surface area contributed by atoms with Gasteiger partial charge in [-0.3, -0.25) is 10.1 Å². The molecule has 2 rings (SSSR count). The van der Waals surface area contributed by atoms with Crippen LogP contribution in [0.5, 0.6) is 0 Å². The molecule has 0 radical (unpaired) electrons. The predicted octanol–water partition coefficient (Wildman–Crippen LogP) is 2.07. The summed E-state index contributed by atoms with van der Waals surface area (Å²) in [5.41, 5.74) is 1.14. The van der Waals surface area contributed by atoms with Crippen molar-refractivity contribution in [2.24, 2.45) is 0 Å². The average molecular weight is 283 g/mol. The molecule has 2 aromatic rings. The first-order valence-electron chi connectivity index (χ1n) is 4.43. The fourth-order valence-corrected chi connectivity index (χ4v) is 1.55. The Morgan fingerprint density at radius 1 is 1.44 bits per heavy atom. The van der Waals surface area contributed by atoms with E-state index in [1.807, 2.05) is 0 Å². The molecule has 0 N–H and O–H groups in total. The van der Waals surface area contributed by atoms with Crippen LogP contribution >= 0.6 is 15.9 Å². The normalized spacial score (nSPS) is 10.3. The van der Waals surface area contributed by atoms with Gasteiger partial charge < -0.3 is 0 Å². The van der Waals surface area contributed by atoms with Gasteiger partial charge in [-0.1, -0.05) is 33.3 Å². The van der Waals surface area contributed by atoms with E-state index in [9.17, 15) is 10.1 Å². The number of nitro groups is 1. The minimum absolute atomic E-state index is 0.00789. The van der Waals surface area contributed by atoms with Gasteiger partial charge in [0.2, 0.25) is 0 Å². The first-order chi connectivity index (χ1) is 7.72. The van der Waals surface area contributed by atoms with Gasteiger partial charge in [0.05, 0.1) is 16.8 Å². The number of hydrogen-bond donors (Lipinski definition) is 0. The molecule has 0 aliphatic heterocycles. The molecular formula is C9H7BrN4O2. The number of para-hydroxylation sites is 2. The third-order valence-corrected chi connectivity index (χ3v) is 2.58. The Morgan fingerprint density at radius 3 is 2.81 bits per heavy atom. The summed E-state index contributed by atoms with van der Waals surface area (Å²) in [6.07, 6.45) is 1.65. The lowest BCUT2D eigenvalue weighted by molar-refractivity contribution is -0.384. The molecule has 1 heterocycles. The number of hydrogen-bond acceptors (Lipinski definition) is 4. The van der Waals surface area contributed by atoms with Crippen LogP contribution < -0.4 is 0 Å². The molecular weight excluding hydrogens is 276 g/mol. The van der Waals surface area contributed by atoms with E-state index < -0.39 is 4.92 Å². The third kappa shape index (κ3) is 1.94. The van der Waals surface area contributed by atoms with E-state index in [1.165, 1.54) is 10.7 Å². The summed E-state index contributed by atoms with van der Waals surface area (Å²) in [6, 6.07) is 6.40. The standard InChI is InChI=1S/C9H7BrN4O2/c10-5-7-6-13(12-11-7)8-3-1-2-4-9(8)14(15)16/h1-4,6H,5H2. The SMILES string of the molecule is O=[N+]([O-])c1ccccc1-n1cc(CBr)nn1. The molecule has 0 fully saturated rings. The summed E-state index contributed by atoms with van der Waals surface area (Å²) in [5, 5.41) is 19.1. The van der Waals surface area contributed by atoms with Crippen LogP contribution in [0.2, 0.25) is 0 Å². The molecule has 82 valence electrons. The van der Waals surface area contributed by atoms with Gasteiger partial charge in [0.25, 0.3) is 5.69 Å². The van der Waals surface area contributed by atoms with Crippen LogP contribution in [0.25, 0.3) is 5.69 Å². The van der Waals surface area contributed by atoms with Crippen molar-refractivity contribution in [3.63, 3.8) is 0 Å². The van der Waals surface area contributed by atoms with Gasteiger partial charge in [-0.25, -0.2) is 4.68 Å². The summed E-state index contributed by atoms with van der Waals surface area (Å²) in [7, 11) is 0. The number of nitro benzene ring substituents is 1. The minimum atomic E-state index is -0.440. The second kappa shape index (κ2) is 4.40. The average Bonchev–Trinajstić information content (AvgIpc) is 2.77. The largest absolute Gasteiger partial charge is 0.294 e. The summed E-state index contributed by atoms with van der Waals surface area (Å²) in [6.45, 7) is 0. The molecule has 0 bridgehead atoms. The van der Waals surface area contributed by atoms with Crippen LogP contribution in [0.1, 0.15) is 5.69 Å². The van der Waals surface area contributed by atoms with Gasteiger partial charge in [0.15, 0.2) is 0 Å². The number of alkyl halides is 1. The molecule has 0 atom stereocenters. The van der Waals surface area contributed by atoms with Gasteiger partial charge in [-0.15, -0.1) is 5.10 Å². The van der Waals surface area contributed by atoms with E-state index in [0.717, 1.165) is 5.69 Å². The summed E-state index contributed by atoms with van der Waals surface area (Å²) in [4.78, 5) is 10.4. The highest BCUT2D eigenvalue weighted by Gasteiger charge is 2.15. The number of benzene rings is 1. The maximum Gasteiger partial charge on any atom is 0.294 e. The van der Waals surface area contributed by atoms with Crippen LogP contribution in [0.3, 0.4) is 0 Å². The lowest BCUT2D eigenvalue weighted by Gasteiger charge is -2.00. The van der Waals surface area contributed by atoms with E-state index >= 15 is 0 Å². The first-order valence-corrected chi connectivity index (χ1v) is 5.55. The maximum atomic E-state index is 10.8. The van der Waals surface area contributed by atoms with E-state index in [1.54, 1.807) is 24.4 Å². The lowest BCUT2D eigenvalue weighted by atomic mass is 10.3. The molecule has 7 heteroatoms. The molecule has 0 saturated carbocycles. The zero-order valence-electron chi connectivity index (χ0n) is 8.08. The number of aromatic nitrogens is 3. The number of halogens is 1. The minimum Gasteiger partial charge on any atom is -0.258 e. The van der Waals surface area contributed by atoms with Crippen molar-refractivity contribution in [1.29, 1.82) is 0 Å². The van der Waals surface area contributed by atoms with Crippen molar-refractivity contribution < 1.29 is 4.92 Å². The van der Waals surface area contributed by atoms with Gasteiger partial charge in [0, 0.05) is 11.4 Å². The summed E-state index contributed by atoms with van der Waals surface area (Å²) in [5.74, 6) is 0. The fraction of sp³-hybridized carbons (Fsp3) is 0.111. The fourth-order valence-electron chi connectivity index (χ4n) is 1.29. The van der Waals surface area contributed by atoms with Crippen LogP contribution in [0.15, 0.2) is 30.5 Å². The molecule has 0 aliphatic rings. The highest BCUT2D eigenvalue weighted by molar-refractivity contribution is 9.08. The highest BCUT2D eigenvalue weighted by atomic mass is 79.9. The molecule has 0 amide bonds. The van der Waals surface area contributed by atoms with Crippen molar-refractivity contribution in [3.8, 4) is 5.69 Å². The summed E-state index contributed by atoms with van der Waals surface area (Å²) < 4.78 is 1.40. The summed E-state index contributed by atoms with van der Waals surface area (Å²) >= 11 is 3.24. The topological polar surface area (TPSA) is 73.8 Å². The Morgan fingerprint density at radius 2 is 2.19 bits per heavy atom. The Kier molecular flexibility index (Phi) is 2.95. The van der Waals surface area contributed by atoms with Gasteiger partial charge in [-0.2, -0.15) is 0 Å². The Bertz CT molecular complexity index is 526. The zero-order chi connectivity index (χ0) is 11.5. The molecule has 1 aromatic heterocycles. The second-order valence-corrected chi connectivity index (χ2v) is 3.59. The molecule has 16 heavy (non-hydrogen) atoms. The van der Waals surface area contributed by atoms with E-state index in [0.29, 0.717) is 11.0 Å². The van der Waals surface area contributed by atoms with Crippen LogP contribution in [0, 0.1) is 10.1 Å². The molecule has 0 unspecified atom stereocenters. The zero-order valence-corrected chi connectivity index (χ0v) is 9.66. The van der Waals surface area contributed by atoms with Gasteiger partial charge in [0.1, 0.15) is 5.69 Å². The van der Waals surface area contributed by atoms with Crippen molar-refractivity contribution in [2.75, 3.05) is 0 Å². The van der Waals surface area contributed by atoms with Gasteiger partial charge >= 0.3 is 0 Å². The molecule has 6 nitrogen and oxygen atoms in total. The van der Waals surface area contributed by atoms with Crippen LogP contribution in [0.4, 0.5) is 5.69 Å². The Hall–Kier alpha value is -1.76. The maximum absolute atomic E-state index is 10.8. The smallest absolute Gasteiger partial charge is 0.258 e. The molecule has 0 saturated heterocycles. The van der Waals surface area contributed by atoms with Crippen molar-refractivity contribution in [1.82, 2.24) is 15.0 Å². The Labute approximate surface area is 99.2 Å². The van der Waals surface area contributed by atoms with E-state index in [4.69, 9.17) is 0 Å². The van der Waals surface area contributed by atoms with Crippen LogP contribution in [-0.2, 0) is 5.33 Å². The van der Waals surface area contributed by atoms with Crippen molar-refractivity contribution in [3.05, 3.63) is 46.3 Å². The number of nitrogens with zero attached hydrogens (tertiary/aromatic N) is 4. The quantitative estimate of drug-likeness (QED) is 0.491. The monoisotopic (exact) mass is 282 g/mol. The van der Waals surface area contributed by atoms with E-state index in [2.05, 4.69) is 26.2 Å². The Balaban J connectivity index is 2.50. The van der Waals surface area contributed by atoms with E-state index in [-0.39, 0.29) is 5.69 Å². The molecule has 1 aromatic carbocycles. The second-order valence-electron chi connectivity index (χ2n) is 3.03. The number of rotatable bonds is 3. The molecule has 0 aliphatic carbocycles. The lowest BCUT2D eigenvalue weighted by Crippen LogP contribution is -2.00. The predicted molar refractivity (Wildman–Crippen MR) is 60.6 cm³/mol.